The Morgan fingerprint density at radius 1 is 0.941 bits per heavy atom. The van der Waals surface area contributed by atoms with E-state index in [9.17, 15) is 14.4 Å². The Morgan fingerprint density at radius 3 is 1.47 bits per heavy atom. The van der Waals surface area contributed by atoms with Crippen LogP contribution in [0.2, 0.25) is 0 Å². The second-order valence-electron chi connectivity index (χ2n) is 6.75. The zero-order chi connectivity index (χ0) is 13.8. The van der Waals surface area contributed by atoms with Gasteiger partial charge >= 0.3 is 0 Å². The maximum absolute atomic E-state index is 12.2. The summed E-state index contributed by atoms with van der Waals surface area (Å²) in [5.74, 6) is -1.22. The second-order valence-corrected chi connectivity index (χ2v) is 6.75. The Labute approximate surface area is 102 Å². The van der Waals surface area contributed by atoms with Crippen molar-refractivity contribution in [2.75, 3.05) is 0 Å². The van der Waals surface area contributed by atoms with Crippen LogP contribution >= 0.6 is 0 Å². The predicted octanol–water partition coefficient (Wildman–Crippen LogP) is 1.98. The van der Waals surface area contributed by atoms with Crippen LogP contribution in [-0.2, 0) is 14.4 Å². The topological polar surface area (TPSA) is 54.5 Å². The monoisotopic (exact) mass is 239 g/mol. The summed E-state index contributed by atoms with van der Waals surface area (Å²) >= 11 is 0. The van der Waals surface area contributed by atoms with Gasteiger partial charge in [0.25, 0.3) is 0 Å². The molecule has 1 saturated heterocycles. The molecule has 0 aromatic rings. The van der Waals surface area contributed by atoms with Gasteiger partial charge in [-0.05, 0) is 27.7 Å². The van der Waals surface area contributed by atoms with E-state index in [-0.39, 0.29) is 0 Å². The molecule has 1 heterocycles. The normalized spacial score (nSPS) is 23.1. The minimum atomic E-state index is -0.842. The van der Waals surface area contributed by atoms with Crippen molar-refractivity contribution in [1.82, 2.24) is 4.90 Å². The van der Waals surface area contributed by atoms with E-state index in [1.54, 1.807) is 48.5 Å². The molecule has 0 unspecified atom stereocenters. The molecule has 1 aliphatic heterocycles. The fraction of sp³-hybridized carbons (Fsp3) is 0.769. The summed E-state index contributed by atoms with van der Waals surface area (Å²) in [4.78, 5) is 37.4. The summed E-state index contributed by atoms with van der Waals surface area (Å²) in [5, 5.41) is 0. The van der Waals surface area contributed by atoms with Crippen molar-refractivity contribution in [3.8, 4) is 0 Å². The van der Waals surface area contributed by atoms with Crippen molar-refractivity contribution in [3.05, 3.63) is 0 Å². The molecule has 0 atom stereocenters. The molecule has 1 rings (SSSR count). The molecule has 0 aromatic heterocycles. The Morgan fingerprint density at radius 2 is 1.24 bits per heavy atom. The summed E-state index contributed by atoms with van der Waals surface area (Å²) in [5.41, 5.74) is -2.42. The number of carbonyl (C=O) groups excluding carboxylic acids is 3. The largest absolute Gasteiger partial charge is 0.273 e. The maximum Gasteiger partial charge on any atom is 0.242 e. The first kappa shape index (κ1) is 13.9. The number of nitrogens with zero attached hydrogens (tertiary/aromatic N) is 1. The Bertz CT molecular complexity index is 373. The lowest BCUT2D eigenvalue weighted by Crippen LogP contribution is -2.44. The van der Waals surface area contributed by atoms with Crippen LogP contribution in [0.4, 0.5) is 0 Å². The van der Waals surface area contributed by atoms with Crippen LogP contribution in [-0.4, -0.2) is 22.6 Å². The standard InChI is InChI=1S/C13H21NO3/c1-11(2,3)8(15)14-9(16)12(4,5)13(6,7)10(14)17/h1-7H3. The van der Waals surface area contributed by atoms with Crippen molar-refractivity contribution in [2.45, 2.75) is 48.5 Å². The van der Waals surface area contributed by atoms with Crippen molar-refractivity contribution >= 4 is 17.7 Å². The molecule has 4 nitrogen and oxygen atoms in total. The molecule has 0 aromatic carbocycles. The zero-order valence-corrected chi connectivity index (χ0v) is 11.7. The van der Waals surface area contributed by atoms with E-state index < -0.39 is 34.0 Å². The molecule has 17 heavy (non-hydrogen) atoms. The molecule has 0 bridgehead atoms. The van der Waals surface area contributed by atoms with Gasteiger partial charge < -0.3 is 0 Å². The highest BCUT2D eigenvalue weighted by Gasteiger charge is 2.61. The van der Waals surface area contributed by atoms with Crippen molar-refractivity contribution in [1.29, 1.82) is 0 Å². The zero-order valence-electron chi connectivity index (χ0n) is 11.7. The van der Waals surface area contributed by atoms with Crippen molar-refractivity contribution in [2.24, 2.45) is 16.2 Å². The summed E-state index contributed by atoms with van der Waals surface area (Å²) < 4.78 is 0. The molecule has 0 spiro atoms. The average molecular weight is 239 g/mol. The minimum absolute atomic E-state index is 0.396. The van der Waals surface area contributed by atoms with E-state index in [1.165, 1.54) is 0 Å². The van der Waals surface area contributed by atoms with Gasteiger partial charge in [-0.3, -0.25) is 14.4 Å². The predicted molar refractivity (Wildman–Crippen MR) is 63.9 cm³/mol. The lowest BCUT2D eigenvalue weighted by molar-refractivity contribution is -0.155. The number of likely N-dealkylation sites (tertiary alicyclic amines) is 1. The number of rotatable bonds is 0. The highest BCUT2D eigenvalue weighted by molar-refractivity contribution is 6.20. The third-order valence-electron chi connectivity index (χ3n) is 3.88. The van der Waals surface area contributed by atoms with Gasteiger partial charge in [0, 0.05) is 5.41 Å². The third-order valence-corrected chi connectivity index (χ3v) is 3.88. The van der Waals surface area contributed by atoms with Crippen LogP contribution in [0.5, 0.6) is 0 Å². The third kappa shape index (κ3) is 1.70. The van der Waals surface area contributed by atoms with E-state index in [1.807, 2.05) is 0 Å². The van der Waals surface area contributed by atoms with Gasteiger partial charge in [0.15, 0.2) is 0 Å². The molecule has 0 N–H and O–H groups in total. The fourth-order valence-electron chi connectivity index (χ4n) is 1.71. The molecular formula is C13H21NO3. The van der Waals surface area contributed by atoms with Crippen LogP contribution in [0.15, 0.2) is 0 Å². The number of hydrogen-bond donors (Lipinski definition) is 0. The molecule has 0 radical (unpaired) electrons. The summed E-state index contributed by atoms with van der Waals surface area (Å²) in [7, 11) is 0. The van der Waals surface area contributed by atoms with Gasteiger partial charge in [0.1, 0.15) is 0 Å². The highest BCUT2D eigenvalue weighted by atomic mass is 16.2. The number of imide groups is 3. The van der Waals surface area contributed by atoms with E-state index in [0.717, 1.165) is 4.90 Å². The maximum atomic E-state index is 12.2. The summed E-state index contributed by atoms with van der Waals surface area (Å²) in [6, 6.07) is 0. The smallest absolute Gasteiger partial charge is 0.242 e. The Hall–Kier alpha value is -1.19. The fourth-order valence-corrected chi connectivity index (χ4v) is 1.71. The number of carbonyl (C=O) groups is 3. The Balaban J connectivity index is 3.28. The SMILES string of the molecule is CC(C)(C)C(=O)N1C(=O)C(C)(C)C(C)(C)C1=O. The van der Waals surface area contributed by atoms with Gasteiger partial charge in [0.05, 0.1) is 10.8 Å². The summed E-state index contributed by atoms with van der Waals surface area (Å²) in [6.07, 6.45) is 0. The van der Waals surface area contributed by atoms with Crippen molar-refractivity contribution in [3.63, 3.8) is 0 Å². The molecular weight excluding hydrogens is 218 g/mol. The number of hydrogen-bond acceptors (Lipinski definition) is 3. The minimum Gasteiger partial charge on any atom is -0.273 e. The van der Waals surface area contributed by atoms with Gasteiger partial charge in [-0.25, -0.2) is 4.90 Å². The van der Waals surface area contributed by atoms with E-state index >= 15 is 0 Å². The van der Waals surface area contributed by atoms with E-state index in [4.69, 9.17) is 0 Å². The van der Waals surface area contributed by atoms with Crippen LogP contribution in [0, 0.1) is 16.2 Å². The molecule has 0 saturated carbocycles. The van der Waals surface area contributed by atoms with Crippen LogP contribution in [0.25, 0.3) is 0 Å². The Kier molecular flexibility index (Phi) is 2.78. The van der Waals surface area contributed by atoms with Crippen LogP contribution in [0.1, 0.15) is 48.5 Å². The van der Waals surface area contributed by atoms with Crippen LogP contribution in [0.3, 0.4) is 0 Å². The molecule has 1 aliphatic rings. The summed E-state index contributed by atoms with van der Waals surface area (Å²) in [6.45, 7) is 12.0. The molecule has 4 heteroatoms. The van der Waals surface area contributed by atoms with Gasteiger partial charge in [-0.1, -0.05) is 20.8 Å². The van der Waals surface area contributed by atoms with Gasteiger partial charge in [-0.15, -0.1) is 0 Å². The van der Waals surface area contributed by atoms with E-state index in [2.05, 4.69) is 0 Å². The first-order valence-corrected chi connectivity index (χ1v) is 5.78. The molecule has 1 fully saturated rings. The van der Waals surface area contributed by atoms with E-state index in [0.29, 0.717) is 0 Å². The molecule has 0 aliphatic carbocycles. The molecule has 96 valence electrons. The first-order valence-electron chi connectivity index (χ1n) is 5.78. The quantitative estimate of drug-likeness (QED) is 0.607. The van der Waals surface area contributed by atoms with Crippen molar-refractivity contribution < 1.29 is 14.4 Å². The highest BCUT2D eigenvalue weighted by Crippen LogP contribution is 2.48. The van der Waals surface area contributed by atoms with Gasteiger partial charge in [0.2, 0.25) is 17.7 Å². The van der Waals surface area contributed by atoms with Gasteiger partial charge in [-0.2, -0.15) is 0 Å². The lowest BCUT2D eigenvalue weighted by atomic mass is 9.70. The first-order chi connectivity index (χ1) is 7.35. The molecule has 3 amide bonds. The van der Waals surface area contributed by atoms with Crippen LogP contribution < -0.4 is 0 Å². The lowest BCUT2D eigenvalue weighted by Gasteiger charge is -2.28. The average Bonchev–Trinajstić information content (AvgIpc) is 2.24. The second kappa shape index (κ2) is 3.40. The number of amides is 3.